The molecule has 1 aliphatic heterocycles. The fraction of sp³-hybridized carbons (Fsp3) is 0.778. The third-order valence-electron chi connectivity index (χ3n) is 2.46. The fourth-order valence-corrected chi connectivity index (χ4v) is 2.51. The molecule has 5 heteroatoms. The van der Waals surface area contributed by atoms with Gasteiger partial charge in [0, 0.05) is 13.1 Å². The van der Waals surface area contributed by atoms with Crippen molar-refractivity contribution in [3.63, 3.8) is 0 Å². The van der Waals surface area contributed by atoms with E-state index in [4.69, 9.17) is 0 Å². The van der Waals surface area contributed by atoms with Crippen molar-refractivity contribution in [2.24, 2.45) is 0 Å². The highest BCUT2D eigenvalue weighted by Crippen LogP contribution is 2.27. The lowest BCUT2D eigenvalue weighted by atomic mass is 9.96. The van der Waals surface area contributed by atoms with Crippen LogP contribution in [0.3, 0.4) is 0 Å². The molecule has 0 spiro atoms. The van der Waals surface area contributed by atoms with E-state index in [0.717, 1.165) is 29.5 Å². The Morgan fingerprint density at radius 1 is 1.50 bits per heavy atom. The lowest BCUT2D eigenvalue weighted by Crippen LogP contribution is -2.46. The molecule has 1 aromatic heterocycles. The summed E-state index contributed by atoms with van der Waals surface area (Å²) in [6.45, 7) is 5.47. The van der Waals surface area contributed by atoms with Crippen LogP contribution in [0.5, 0.6) is 0 Å². The molecule has 1 aromatic rings. The molecule has 1 atom stereocenters. The fourth-order valence-electron chi connectivity index (χ4n) is 1.80. The molecule has 0 aromatic carbocycles. The first-order valence-corrected chi connectivity index (χ1v) is 5.66. The van der Waals surface area contributed by atoms with E-state index in [0.29, 0.717) is 6.54 Å². The summed E-state index contributed by atoms with van der Waals surface area (Å²) in [6, 6.07) is 0. The smallest absolute Gasteiger partial charge is 0.208 e. The van der Waals surface area contributed by atoms with E-state index in [1.54, 1.807) is 11.3 Å². The molecule has 1 fully saturated rings. The molecule has 2 rings (SSSR count). The van der Waals surface area contributed by atoms with Crippen molar-refractivity contribution >= 4 is 16.5 Å². The molecule has 0 amide bonds. The van der Waals surface area contributed by atoms with Crippen LogP contribution in [-0.2, 0) is 0 Å². The molecule has 4 nitrogen and oxygen atoms in total. The zero-order valence-electron chi connectivity index (χ0n) is 8.53. The van der Waals surface area contributed by atoms with E-state index >= 15 is 0 Å². The molecule has 2 heterocycles. The van der Waals surface area contributed by atoms with Crippen molar-refractivity contribution in [1.29, 1.82) is 0 Å². The molecule has 0 saturated carbocycles. The number of hydrogen-bond acceptors (Lipinski definition) is 5. The number of β-amino-alcohol motifs (C(OH)–C–C–N with tert-alkyl or cyclic N) is 1. The van der Waals surface area contributed by atoms with Crippen LogP contribution in [0.25, 0.3) is 0 Å². The van der Waals surface area contributed by atoms with E-state index in [2.05, 4.69) is 15.1 Å². The Hall–Kier alpha value is -0.680. The van der Waals surface area contributed by atoms with Gasteiger partial charge in [0.1, 0.15) is 5.01 Å². The van der Waals surface area contributed by atoms with Crippen LogP contribution in [0.15, 0.2) is 0 Å². The number of piperidine rings is 1. The minimum Gasteiger partial charge on any atom is -0.388 e. The maximum absolute atomic E-state index is 9.93. The lowest BCUT2D eigenvalue weighted by molar-refractivity contribution is 0.0449. The predicted octanol–water partition coefficient (Wildman–Crippen LogP) is 1.20. The van der Waals surface area contributed by atoms with Crippen LogP contribution in [0.1, 0.15) is 24.8 Å². The van der Waals surface area contributed by atoms with Gasteiger partial charge in [0.2, 0.25) is 5.13 Å². The number of hydrogen-bond donors (Lipinski definition) is 1. The number of aryl methyl sites for hydroxylation is 1. The Balaban J connectivity index is 2.12. The van der Waals surface area contributed by atoms with Gasteiger partial charge in [-0.25, -0.2) is 0 Å². The minimum atomic E-state index is -0.572. The molecule has 0 bridgehead atoms. The molecule has 1 saturated heterocycles. The Kier molecular flexibility index (Phi) is 2.45. The number of anilines is 1. The summed E-state index contributed by atoms with van der Waals surface area (Å²) in [7, 11) is 0. The summed E-state index contributed by atoms with van der Waals surface area (Å²) in [5, 5.41) is 19.9. The van der Waals surface area contributed by atoms with E-state index in [1.165, 1.54) is 0 Å². The average molecular weight is 213 g/mol. The second-order valence-electron chi connectivity index (χ2n) is 4.13. The topological polar surface area (TPSA) is 49.2 Å². The van der Waals surface area contributed by atoms with E-state index < -0.39 is 5.60 Å². The highest BCUT2D eigenvalue weighted by molar-refractivity contribution is 7.15. The van der Waals surface area contributed by atoms with Gasteiger partial charge in [0.05, 0.1) is 5.60 Å². The first-order valence-electron chi connectivity index (χ1n) is 4.84. The van der Waals surface area contributed by atoms with E-state index in [-0.39, 0.29) is 0 Å². The standard InChI is InChI=1S/C9H15N3OS/c1-7-10-11-8(14-7)12-5-3-4-9(2,13)6-12/h13H,3-6H2,1-2H3. The molecule has 1 aliphatic rings. The van der Waals surface area contributed by atoms with Crippen molar-refractivity contribution in [3.05, 3.63) is 5.01 Å². The molecule has 1 unspecified atom stereocenters. The van der Waals surface area contributed by atoms with Gasteiger partial charge >= 0.3 is 0 Å². The molecule has 1 N–H and O–H groups in total. The summed E-state index contributed by atoms with van der Waals surface area (Å²) < 4.78 is 0. The summed E-state index contributed by atoms with van der Waals surface area (Å²) in [5.41, 5.74) is -0.572. The molecule has 0 radical (unpaired) electrons. The van der Waals surface area contributed by atoms with E-state index in [1.807, 2.05) is 13.8 Å². The summed E-state index contributed by atoms with van der Waals surface area (Å²) in [5.74, 6) is 0. The first kappa shape index (κ1) is 9.86. The Labute approximate surface area is 87.6 Å². The van der Waals surface area contributed by atoms with Crippen LogP contribution in [0, 0.1) is 6.92 Å². The van der Waals surface area contributed by atoms with Gasteiger partial charge in [-0.15, -0.1) is 10.2 Å². The van der Waals surface area contributed by atoms with E-state index in [9.17, 15) is 5.11 Å². The third kappa shape index (κ3) is 2.04. The number of rotatable bonds is 1. The molecule has 0 aliphatic carbocycles. The van der Waals surface area contributed by atoms with Crippen molar-refractivity contribution in [3.8, 4) is 0 Å². The molecule has 78 valence electrons. The summed E-state index contributed by atoms with van der Waals surface area (Å²) in [4.78, 5) is 2.12. The Morgan fingerprint density at radius 3 is 2.86 bits per heavy atom. The third-order valence-corrected chi connectivity index (χ3v) is 3.36. The van der Waals surface area contributed by atoms with Crippen LogP contribution < -0.4 is 4.90 Å². The van der Waals surface area contributed by atoms with Gasteiger partial charge < -0.3 is 10.0 Å². The van der Waals surface area contributed by atoms with Crippen LogP contribution >= 0.6 is 11.3 Å². The normalized spacial score (nSPS) is 28.1. The molecular formula is C9H15N3OS. The van der Waals surface area contributed by atoms with Crippen LogP contribution in [0.4, 0.5) is 5.13 Å². The van der Waals surface area contributed by atoms with Gasteiger partial charge in [-0.2, -0.15) is 0 Å². The number of aromatic nitrogens is 2. The van der Waals surface area contributed by atoms with Gasteiger partial charge in [0.25, 0.3) is 0 Å². The monoisotopic (exact) mass is 213 g/mol. The SMILES string of the molecule is Cc1nnc(N2CCCC(C)(O)C2)s1. The number of nitrogens with zero attached hydrogens (tertiary/aromatic N) is 3. The van der Waals surface area contributed by atoms with Crippen molar-refractivity contribution in [2.75, 3.05) is 18.0 Å². The number of aliphatic hydroxyl groups is 1. The minimum absolute atomic E-state index is 0.572. The predicted molar refractivity (Wildman–Crippen MR) is 56.7 cm³/mol. The summed E-state index contributed by atoms with van der Waals surface area (Å²) >= 11 is 1.59. The average Bonchev–Trinajstić information content (AvgIpc) is 2.50. The lowest BCUT2D eigenvalue weighted by Gasteiger charge is -2.36. The van der Waals surface area contributed by atoms with Crippen LogP contribution in [-0.4, -0.2) is 34.0 Å². The van der Waals surface area contributed by atoms with Gasteiger partial charge in [-0.05, 0) is 26.7 Å². The van der Waals surface area contributed by atoms with Crippen molar-refractivity contribution in [2.45, 2.75) is 32.3 Å². The highest BCUT2D eigenvalue weighted by atomic mass is 32.1. The summed E-state index contributed by atoms with van der Waals surface area (Å²) in [6.07, 6.45) is 1.90. The van der Waals surface area contributed by atoms with Crippen LogP contribution in [0.2, 0.25) is 0 Å². The first-order chi connectivity index (χ1) is 6.57. The van der Waals surface area contributed by atoms with Gasteiger partial charge in [-0.1, -0.05) is 11.3 Å². The molecule has 14 heavy (non-hydrogen) atoms. The Morgan fingerprint density at radius 2 is 2.29 bits per heavy atom. The zero-order valence-corrected chi connectivity index (χ0v) is 9.34. The maximum atomic E-state index is 9.93. The second kappa shape index (κ2) is 3.47. The van der Waals surface area contributed by atoms with Gasteiger partial charge in [0.15, 0.2) is 0 Å². The quantitative estimate of drug-likeness (QED) is 0.761. The molecular weight excluding hydrogens is 198 g/mol. The highest BCUT2D eigenvalue weighted by Gasteiger charge is 2.29. The largest absolute Gasteiger partial charge is 0.388 e. The maximum Gasteiger partial charge on any atom is 0.208 e. The van der Waals surface area contributed by atoms with Gasteiger partial charge in [-0.3, -0.25) is 0 Å². The van der Waals surface area contributed by atoms with Crippen molar-refractivity contribution < 1.29 is 5.11 Å². The Bertz CT molecular complexity index is 324. The van der Waals surface area contributed by atoms with Crippen molar-refractivity contribution in [1.82, 2.24) is 10.2 Å². The zero-order chi connectivity index (χ0) is 10.2. The second-order valence-corrected chi connectivity index (χ2v) is 5.29.